The van der Waals surface area contributed by atoms with Crippen molar-refractivity contribution < 1.29 is 13.6 Å². The molecule has 5 nitrogen and oxygen atoms in total. The van der Waals surface area contributed by atoms with Gasteiger partial charge in [-0.3, -0.25) is 9.78 Å². The van der Waals surface area contributed by atoms with Crippen LogP contribution in [-0.4, -0.2) is 41.9 Å². The van der Waals surface area contributed by atoms with Crippen molar-refractivity contribution in [3.05, 3.63) is 47.4 Å². The zero-order valence-electron chi connectivity index (χ0n) is 13.6. The van der Waals surface area contributed by atoms with Crippen molar-refractivity contribution >= 4 is 29.0 Å². The van der Waals surface area contributed by atoms with Gasteiger partial charge < -0.3 is 9.80 Å². The minimum absolute atomic E-state index is 0.160. The van der Waals surface area contributed by atoms with Crippen LogP contribution in [0.3, 0.4) is 0 Å². The summed E-state index contributed by atoms with van der Waals surface area (Å²) in [4.78, 5) is 24.1. The maximum Gasteiger partial charge on any atom is 0.278 e. The van der Waals surface area contributed by atoms with E-state index in [0.717, 1.165) is 0 Å². The second kappa shape index (κ2) is 6.92. The van der Waals surface area contributed by atoms with Crippen molar-refractivity contribution in [1.29, 1.82) is 0 Å². The van der Waals surface area contributed by atoms with Gasteiger partial charge in [0, 0.05) is 43.7 Å². The molecule has 1 fully saturated rings. The number of anilines is 2. The summed E-state index contributed by atoms with van der Waals surface area (Å²) in [6.07, 6.45) is 2.41. The summed E-state index contributed by atoms with van der Waals surface area (Å²) in [6.45, 7) is 0.374. The number of aromatic nitrogens is 2. The lowest BCUT2D eigenvalue weighted by Gasteiger charge is -2.32. The van der Waals surface area contributed by atoms with Crippen LogP contribution in [0.25, 0.3) is 0 Å². The molecule has 0 atom stereocenters. The Balaban J connectivity index is 1.76. The Morgan fingerprint density at radius 3 is 2.48 bits per heavy atom. The minimum atomic E-state index is -2.63. The predicted octanol–water partition coefficient (Wildman–Crippen LogP) is 3.64. The van der Waals surface area contributed by atoms with Gasteiger partial charge in [-0.25, -0.2) is 13.8 Å². The highest BCUT2D eigenvalue weighted by atomic mass is 35.5. The summed E-state index contributed by atoms with van der Waals surface area (Å²) in [5.41, 5.74) is 0.825. The Labute approximate surface area is 149 Å². The van der Waals surface area contributed by atoms with Gasteiger partial charge in [0.25, 0.3) is 11.8 Å². The van der Waals surface area contributed by atoms with Crippen molar-refractivity contribution in [3.63, 3.8) is 0 Å². The fourth-order valence-corrected chi connectivity index (χ4v) is 2.75. The topological polar surface area (TPSA) is 49.3 Å². The SMILES string of the molecule is CN(C(=O)c1cncc(N2CCC(F)(F)CC2)n1)c1ccc(Cl)cc1. The molecule has 25 heavy (non-hydrogen) atoms. The quantitative estimate of drug-likeness (QED) is 0.832. The van der Waals surface area contributed by atoms with Gasteiger partial charge in [-0.05, 0) is 24.3 Å². The third-order valence-corrected chi connectivity index (χ3v) is 4.43. The lowest BCUT2D eigenvalue weighted by atomic mass is 10.1. The van der Waals surface area contributed by atoms with Gasteiger partial charge in [-0.2, -0.15) is 0 Å². The van der Waals surface area contributed by atoms with E-state index in [9.17, 15) is 13.6 Å². The van der Waals surface area contributed by atoms with Crippen molar-refractivity contribution in [2.45, 2.75) is 18.8 Å². The number of amides is 1. The van der Waals surface area contributed by atoms with Crippen LogP contribution < -0.4 is 9.80 Å². The van der Waals surface area contributed by atoms with Crippen LogP contribution in [0.2, 0.25) is 5.02 Å². The van der Waals surface area contributed by atoms with Crippen LogP contribution in [0.4, 0.5) is 20.3 Å². The molecule has 0 radical (unpaired) electrons. The minimum Gasteiger partial charge on any atom is -0.355 e. The molecule has 1 aromatic carbocycles. The molecule has 1 saturated heterocycles. The summed E-state index contributed by atoms with van der Waals surface area (Å²) in [5.74, 6) is -2.53. The predicted molar refractivity (Wildman–Crippen MR) is 92.6 cm³/mol. The summed E-state index contributed by atoms with van der Waals surface area (Å²) >= 11 is 5.86. The zero-order valence-corrected chi connectivity index (χ0v) is 14.4. The maximum absolute atomic E-state index is 13.3. The first-order valence-corrected chi connectivity index (χ1v) is 8.22. The molecule has 8 heteroatoms. The van der Waals surface area contributed by atoms with Crippen LogP contribution in [-0.2, 0) is 0 Å². The average molecular weight is 367 g/mol. The fraction of sp³-hybridized carbons (Fsp3) is 0.353. The van der Waals surface area contributed by atoms with E-state index in [2.05, 4.69) is 9.97 Å². The molecule has 0 spiro atoms. The molecule has 0 unspecified atom stereocenters. The molecule has 1 amide bonds. The number of hydrogen-bond acceptors (Lipinski definition) is 4. The number of benzene rings is 1. The van der Waals surface area contributed by atoms with Crippen molar-refractivity contribution in [3.8, 4) is 0 Å². The second-order valence-electron chi connectivity index (χ2n) is 5.95. The molecular formula is C17H17ClF2N4O. The van der Waals surface area contributed by atoms with Gasteiger partial charge in [0.05, 0.1) is 12.4 Å². The Morgan fingerprint density at radius 2 is 1.84 bits per heavy atom. The zero-order chi connectivity index (χ0) is 18.0. The van der Waals surface area contributed by atoms with E-state index in [4.69, 9.17) is 11.6 Å². The number of piperidine rings is 1. The molecule has 2 heterocycles. The Hall–Kier alpha value is -2.28. The van der Waals surface area contributed by atoms with E-state index in [-0.39, 0.29) is 37.5 Å². The first kappa shape index (κ1) is 17.5. The number of rotatable bonds is 3. The van der Waals surface area contributed by atoms with Crippen LogP contribution in [0, 0.1) is 0 Å². The van der Waals surface area contributed by atoms with E-state index in [1.54, 1.807) is 36.2 Å². The van der Waals surface area contributed by atoms with Crippen LogP contribution >= 0.6 is 11.6 Å². The Kier molecular flexibility index (Phi) is 4.85. The van der Waals surface area contributed by atoms with Gasteiger partial charge in [0.1, 0.15) is 11.5 Å². The van der Waals surface area contributed by atoms with Crippen molar-refractivity contribution in [1.82, 2.24) is 9.97 Å². The number of carbonyl (C=O) groups excluding carboxylic acids is 1. The molecule has 1 aliphatic rings. The largest absolute Gasteiger partial charge is 0.355 e. The summed E-state index contributed by atoms with van der Waals surface area (Å²) < 4.78 is 26.6. The fourth-order valence-electron chi connectivity index (χ4n) is 2.63. The lowest BCUT2D eigenvalue weighted by molar-refractivity contribution is -0.0221. The molecule has 2 aromatic rings. The van der Waals surface area contributed by atoms with Crippen LogP contribution in [0.1, 0.15) is 23.3 Å². The molecular weight excluding hydrogens is 350 g/mol. The smallest absolute Gasteiger partial charge is 0.278 e. The van der Waals surface area contributed by atoms with E-state index >= 15 is 0 Å². The van der Waals surface area contributed by atoms with E-state index in [0.29, 0.717) is 16.5 Å². The third kappa shape index (κ3) is 4.04. The molecule has 1 aromatic heterocycles. The third-order valence-electron chi connectivity index (χ3n) is 4.18. The maximum atomic E-state index is 13.3. The monoisotopic (exact) mass is 366 g/mol. The van der Waals surface area contributed by atoms with Gasteiger partial charge in [-0.1, -0.05) is 11.6 Å². The van der Waals surface area contributed by atoms with Gasteiger partial charge in [0.15, 0.2) is 0 Å². The highest BCUT2D eigenvalue weighted by molar-refractivity contribution is 6.30. The van der Waals surface area contributed by atoms with Gasteiger partial charge in [-0.15, -0.1) is 0 Å². The Morgan fingerprint density at radius 1 is 1.20 bits per heavy atom. The van der Waals surface area contributed by atoms with E-state index in [1.807, 2.05) is 0 Å². The number of halogens is 3. The molecule has 1 aliphatic heterocycles. The molecule has 132 valence electrons. The van der Waals surface area contributed by atoms with E-state index in [1.165, 1.54) is 17.3 Å². The highest BCUT2D eigenvalue weighted by Gasteiger charge is 2.34. The van der Waals surface area contributed by atoms with Crippen molar-refractivity contribution in [2.75, 3.05) is 29.9 Å². The standard InChI is InChI=1S/C17H17ClF2N4O/c1-23(13-4-2-12(18)3-5-13)16(25)14-10-21-11-15(22-14)24-8-6-17(19,20)7-9-24/h2-5,10-11H,6-9H2,1H3. The van der Waals surface area contributed by atoms with E-state index < -0.39 is 5.92 Å². The first-order chi connectivity index (χ1) is 11.9. The average Bonchev–Trinajstić information content (AvgIpc) is 2.61. The summed E-state index contributed by atoms with van der Waals surface area (Å²) in [6, 6.07) is 6.84. The van der Waals surface area contributed by atoms with Crippen molar-refractivity contribution in [2.24, 2.45) is 0 Å². The van der Waals surface area contributed by atoms with Crippen LogP contribution in [0.5, 0.6) is 0 Å². The molecule has 0 N–H and O–H groups in total. The Bertz CT molecular complexity index is 759. The number of nitrogens with zero attached hydrogens (tertiary/aromatic N) is 4. The number of hydrogen-bond donors (Lipinski definition) is 0. The molecule has 3 rings (SSSR count). The number of alkyl halides is 2. The highest BCUT2D eigenvalue weighted by Crippen LogP contribution is 2.29. The summed E-state index contributed by atoms with van der Waals surface area (Å²) in [5, 5.41) is 0.577. The van der Waals surface area contributed by atoms with Gasteiger partial charge in [0.2, 0.25) is 0 Å². The number of carbonyl (C=O) groups is 1. The normalized spacial score (nSPS) is 16.6. The van der Waals surface area contributed by atoms with Gasteiger partial charge >= 0.3 is 0 Å². The first-order valence-electron chi connectivity index (χ1n) is 7.84. The summed E-state index contributed by atoms with van der Waals surface area (Å²) in [7, 11) is 1.63. The lowest BCUT2D eigenvalue weighted by Crippen LogP contribution is -2.40. The molecule has 0 aliphatic carbocycles. The van der Waals surface area contributed by atoms with Crippen LogP contribution in [0.15, 0.2) is 36.7 Å². The molecule has 0 bridgehead atoms. The molecule has 0 saturated carbocycles. The second-order valence-corrected chi connectivity index (χ2v) is 6.38.